The molecule has 0 spiro atoms. The van der Waals surface area contributed by atoms with Crippen molar-refractivity contribution in [2.75, 3.05) is 32.9 Å². The molecule has 1 heterocycles. The van der Waals surface area contributed by atoms with Gasteiger partial charge in [0.2, 0.25) is 0 Å². The highest BCUT2D eigenvalue weighted by molar-refractivity contribution is 6.33. The van der Waals surface area contributed by atoms with Crippen molar-refractivity contribution in [1.82, 2.24) is 9.80 Å². The quantitative estimate of drug-likeness (QED) is 0.809. The van der Waals surface area contributed by atoms with E-state index in [1.54, 1.807) is 18.2 Å². The molecule has 1 aromatic rings. The molecule has 0 aliphatic carbocycles. The highest BCUT2D eigenvalue weighted by Crippen LogP contribution is 2.22. The Morgan fingerprint density at radius 3 is 2.65 bits per heavy atom. The van der Waals surface area contributed by atoms with Crippen molar-refractivity contribution in [3.05, 3.63) is 28.8 Å². The second kappa shape index (κ2) is 4.55. The first-order valence-electron chi connectivity index (χ1n) is 5.50. The van der Waals surface area contributed by atoms with Gasteiger partial charge in [-0.1, -0.05) is 11.6 Å². The highest BCUT2D eigenvalue weighted by atomic mass is 35.5. The number of likely N-dealkylation sites (N-methyl/N-ethyl adjacent to an activating group) is 1. The third-order valence-electron chi connectivity index (χ3n) is 3.13. The van der Waals surface area contributed by atoms with E-state index in [0.717, 1.165) is 13.1 Å². The molecule has 5 heteroatoms. The number of halogens is 1. The fourth-order valence-corrected chi connectivity index (χ4v) is 1.97. The van der Waals surface area contributed by atoms with Gasteiger partial charge >= 0.3 is 0 Å². The monoisotopic (exact) mass is 253 g/mol. The van der Waals surface area contributed by atoms with Crippen LogP contribution in [-0.4, -0.2) is 48.9 Å². The number of hydrogen-bond acceptors (Lipinski definition) is 3. The molecule has 2 N–H and O–H groups in total. The Bertz CT molecular complexity index is 441. The molecule has 2 rings (SSSR count). The Balaban J connectivity index is 2.04. The van der Waals surface area contributed by atoms with Crippen LogP contribution < -0.4 is 5.73 Å². The molecule has 0 atom stereocenters. The summed E-state index contributed by atoms with van der Waals surface area (Å²) in [5, 5.41) is 0.431. The molecule has 1 aliphatic rings. The average molecular weight is 254 g/mol. The van der Waals surface area contributed by atoms with E-state index >= 15 is 0 Å². The lowest BCUT2D eigenvalue weighted by atomic mass is 10.1. The van der Waals surface area contributed by atoms with E-state index in [-0.39, 0.29) is 5.91 Å². The number of hydrogen-bond donors (Lipinski definition) is 1. The fraction of sp³-hybridized carbons (Fsp3) is 0.417. The lowest BCUT2D eigenvalue weighted by Gasteiger charge is -2.42. The minimum atomic E-state index is 0.0185. The Morgan fingerprint density at radius 2 is 2.12 bits per heavy atom. The summed E-state index contributed by atoms with van der Waals surface area (Å²) in [6, 6.07) is 5.47. The number of rotatable bonds is 2. The normalized spacial score (nSPS) is 16.1. The van der Waals surface area contributed by atoms with E-state index in [2.05, 4.69) is 4.90 Å². The largest absolute Gasteiger partial charge is 0.398 e. The molecule has 1 fully saturated rings. The molecule has 92 valence electrons. The number of nitrogens with two attached hydrogens (primary N) is 1. The summed E-state index contributed by atoms with van der Waals surface area (Å²) in [5.41, 5.74) is 6.71. The Labute approximate surface area is 106 Å². The smallest absolute Gasteiger partial charge is 0.254 e. The van der Waals surface area contributed by atoms with Crippen LogP contribution in [0.25, 0.3) is 0 Å². The van der Waals surface area contributed by atoms with Crippen LogP contribution in [0.5, 0.6) is 0 Å². The molecule has 1 aromatic carbocycles. The molecule has 1 amide bonds. The van der Waals surface area contributed by atoms with E-state index in [9.17, 15) is 4.79 Å². The van der Waals surface area contributed by atoms with Gasteiger partial charge in [-0.25, -0.2) is 0 Å². The number of carbonyl (C=O) groups is 1. The molecule has 17 heavy (non-hydrogen) atoms. The van der Waals surface area contributed by atoms with Gasteiger partial charge in [0.05, 0.1) is 10.7 Å². The van der Waals surface area contributed by atoms with Crippen LogP contribution in [0.4, 0.5) is 5.69 Å². The SMILES string of the molecule is CN(C)C1CN(C(=O)c2ccc(N)c(Cl)c2)C1. The number of carbonyl (C=O) groups excluding carboxylic acids is 1. The van der Waals surface area contributed by atoms with E-state index in [1.165, 1.54) is 0 Å². The molecular formula is C12H16ClN3O. The fourth-order valence-electron chi connectivity index (χ4n) is 1.79. The molecule has 0 radical (unpaired) electrons. The van der Waals surface area contributed by atoms with Gasteiger partial charge in [0.25, 0.3) is 5.91 Å². The zero-order valence-electron chi connectivity index (χ0n) is 9.98. The predicted molar refractivity (Wildman–Crippen MR) is 69.2 cm³/mol. The summed E-state index contributed by atoms with van der Waals surface area (Å²) in [6.45, 7) is 1.54. The lowest BCUT2D eigenvalue weighted by Crippen LogP contribution is -2.59. The van der Waals surface area contributed by atoms with Crippen molar-refractivity contribution in [2.45, 2.75) is 6.04 Å². The molecule has 0 saturated carbocycles. The van der Waals surface area contributed by atoms with Crippen molar-refractivity contribution >= 4 is 23.2 Å². The number of nitrogens with zero attached hydrogens (tertiary/aromatic N) is 2. The first-order chi connectivity index (χ1) is 7.99. The second-order valence-corrected chi connectivity index (χ2v) is 4.97. The molecule has 0 bridgehead atoms. The van der Waals surface area contributed by atoms with Gasteiger partial charge in [-0.3, -0.25) is 4.79 Å². The molecule has 0 unspecified atom stereocenters. The number of amides is 1. The van der Waals surface area contributed by atoms with E-state index in [0.29, 0.717) is 22.3 Å². The maximum atomic E-state index is 12.1. The predicted octanol–water partition coefficient (Wildman–Crippen LogP) is 1.31. The standard InChI is InChI=1S/C12H16ClN3O/c1-15(2)9-6-16(7-9)12(17)8-3-4-11(14)10(13)5-8/h3-5,9H,6-7,14H2,1-2H3. The summed E-state index contributed by atoms with van der Waals surface area (Å²) < 4.78 is 0. The third-order valence-corrected chi connectivity index (χ3v) is 3.45. The van der Waals surface area contributed by atoms with Crippen molar-refractivity contribution in [3.8, 4) is 0 Å². The summed E-state index contributed by atoms with van der Waals surface area (Å²) >= 11 is 5.90. The Hall–Kier alpha value is -1.26. The number of anilines is 1. The Kier molecular flexibility index (Phi) is 3.26. The van der Waals surface area contributed by atoms with E-state index < -0.39 is 0 Å². The van der Waals surface area contributed by atoms with Crippen LogP contribution in [0.2, 0.25) is 5.02 Å². The molecule has 1 saturated heterocycles. The van der Waals surface area contributed by atoms with Gasteiger partial charge < -0.3 is 15.5 Å². The highest BCUT2D eigenvalue weighted by Gasteiger charge is 2.32. The molecule has 4 nitrogen and oxygen atoms in total. The minimum absolute atomic E-state index is 0.0185. The summed E-state index contributed by atoms with van der Waals surface area (Å²) in [4.78, 5) is 16.0. The van der Waals surface area contributed by atoms with Crippen molar-refractivity contribution in [1.29, 1.82) is 0 Å². The van der Waals surface area contributed by atoms with Crippen LogP contribution >= 0.6 is 11.6 Å². The minimum Gasteiger partial charge on any atom is -0.398 e. The number of likely N-dealkylation sites (tertiary alicyclic amines) is 1. The first-order valence-corrected chi connectivity index (χ1v) is 5.87. The molecular weight excluding hydrogens is 238 g/mol. The maximum absolute atomic E-state index is 12.1. The van der Waals surface area contributed by atoms with Gasteiger partial charge in [-0.2, -0.15) is 0 Å². The summed E-state index contributed by atoms with van der Waals surface area (Å²) in [5.74, 6) is 0.0185. The first kappa shape index (κ1) is 12.2. The zero-order valence-corrected chi connectivity index (χ0v) is 10.7. The van der Waals surface area contributed by atoms with Crippen LogP contribution in [-0.2, 0) is 0 Å². The average Bonchev–Trinajstić information content (AvgIpc) is 2.19. The van der Waals surface area contributed by atoms with Crippen LogP contribution in [0.3, 0.4) is 0 Å². The number of nitrogen functional groups attached to an aromatic ring is 1. The van der Waals surface area contributed by atoms with Crippen molar-refractivity contribution in [2.24, 2.45) is 0 Å². The van der Waals surface area contributed by atoms with Crippen LogP contribution in [0.15, 0.2) is 18.2 Å². The third kappa shape index (κ3) is 2.37. The molecule has 0 aromatic heterocycles. The maximum Gasteiger partial charge on any atom is 0.254 e. The zero-order chi connectivity index (χ0) is 12.6. The summed E-state index contributed by atoms with van der Waals surface area (Å²) in [7, 11) is 4.04. The van der Waals surface area contributed by atoms with Crippen LogP contribution in [0, 0.1) is 0 Å². The Morgan fingerprint density at radius 1 is 1.47 bits per heavy atom. The van der Waals surface area contributed by atoms with Crippen molar-refractivity contribution < 1.29 is 4.79 Å². The van der Waals surface area contributed by atoms with Gasteiger partial charge in [0.15, 0.2) is 0 Å². The molecule has 1 aliphatic heterocycles. The van der Waals surface area contributed by atoms with E-state index in [1.807, 2.05) is 19.0 Å². The van der Waals surface area contributed by atoms with E-state index in [4.69, 9.17) is 17.3 Å². The van der Waals surface area contributed by atoms with Gasteiger partial charge in [0, 0.05) is 24.7 Å². The second-order valence-electron chi connectivity index (χ2n) is 4.56. The van der Waals surface area contributed by atoms with Crippen LogP contribution in [0.1, 0.15) is 10.4 Å². The van der Waals surface area contributed by atoms with Gasteiger partial charge in [0.1, 0.15) is 0 Å². The lowest BCUT2D eigenvalue weighted by molar-refractivity contribution is 0.0399. The van der Waals surface area contributed by atoms with Crippen molar-refractivity contribution in [3.63, 3.8) is 0 Å². The number of benzene rings is 1. The van der Waals surface area contributed by atoms with Gasteiger partial charge in [-0.05, 0) is 32.3 Å². The topological polar surface area (TPSA) is 49.6 Å². The summed E-state index contributed by atoms with van der Waals surface area (Å²) in [6.07, 6.45) is 0. The van der Waals surface area contributed by atoms with Gasteiger partial charge in [-0.15, -0.1) is 0 Å².